The minimum absolute atomic E-state index is 0.0677. The Morgan fingerprint density at radius 1 is 1.00 bits per heavy atom. The molecule has 1 aliphatic heterocycles. The average Bonchev–Trinajstić information content (AvgIpc) is 3.16. The van der Waals surface area contributed by atoms with Crippen LogP contribution in [0.4, 0.5) is 5.69 Å². The Balaban J connectivity index is 1.45. The van der Waals surface area contributed by atoms with Crippen molar-refractivity contribution in [2.24, 2.45) is 0 Å². The molecule has 0 bridgehead atoms. The van der Waals surface area contributed by atoms with Crippen molar-refractivity contribution in [3.05, 3.63) is 100 Å². The van der Waals surface area contributed by atoms with E-state index in [0.717, 1.165) is 23.2 Å². The van der Waals surface area contributed by atoms with Crippen LogP contribution in [-0.2, 0) is 17.8 Å². The molecule has 31 heavy (non-hydrogen) atoms. The first-order valence-electron chi connectivity index (χ1n) is 10.2. The van der Waals surface area contributed by atoms with Crippen LogP contribution in [0, 0.1) is 0 Å². The van der Waals surface area contributed by atoms with Gasteiger partial charge in [-0.15, -0.1) is 11.8 Å². The van der Waals surface area contributed by atoms with Crippen LogP contribution in [0.1, 0.15) is 39.3 Å². The number of thioether (sulfide) groups is 1. The predicted octanol–water partition coefficient (Wildman–Crippen LogP) is 5.93. The summed E-state index contributed by atoms with van der Waals surface area (Å²) in [4.78, 5) is 26.9. The van der Waals surface area contributed by atoms with Crippen molar-refractivity contribution < 1.29 is 9.59 Å². The highest BCUT2D eigenvalue weighted by molar-refractivity contribution is 8.00. The van der Waals surface area contributed by atoms with E-state index in [-0.39, 0.29) is 17.2 Å². The number of nitrogens with zero attached hydrogens (tertiary/aromatic N) is 1. The monoisotopic (exact) mass is 450 g/mol. The van der Waals surface area contributed by atoms with Crippen molar-refractivity contribution in [3.63, 3.8) is 0 Å². The number of anilines is 1. The number of carbonyl (C=O) groups is 2. The Morgan fingerprint density at radius 3 is 2.29 bits per heavy atom. The van der Waals surface area contributed by atoms with Gasteiger partial charge in [-0.3, -0.25) is 9.59 Å². The maximum absolute atomic E-state index is 12.6. The summed E-state index contributed by atoms with van der Waals surface area (Å²) in [6.07, 6.45) is 0.965. The van der Waals surface area contributed by atoms with Gasteiger partial charge in [0.1, 0.15) is 5.37 Å². The number of benzene rings is 3. The van der Waals surface area contributed by atoms with E-state index in [2.05, 4.69) is 12.2 Å². The van der Waals surface area contributed by atoms with Crippen LogP contribution in [0.25, 0.3) is 0 Å². The van der Waals surface area contributed by atoms with Gasteiger partial charge in [0.05, 0.1) is 5.75 Å². The molecule has 1 atom stereocenters. The lowest BCUT2D eigenvalue weighted by molar-refractivity contribution is -0.128. The smallest absolute Gasteiger partial charge is 0.255 e. The van der Waals surface area contributed by atoms with E-state index in [1.165, 1.54) is 5.56 Å². The molecule has 0 unspecified atom stereocenters. The highest BCUT2D eigenvalue weighted by atomic mass is 35.5. The van der Waals surface area contributed by atoms with Crippen LogP contribution in [0.2, 0.25) is 5.02 Å². The lowest BCUT2D eigenvalue weighted by Gasteiger charge is -2.24. The number of hydrogen-bond donors (Lipinski definition) is 1. The lowest BCUT2D eigenvalue weighted by Crippen LogP contribution is -2.27. The van der Waals surface area contributed by atoms with Gasteiger partial charge in [0.15, 0.2) is 0 Å². The fourth-order valence-electron chi connectivity index (χ4n) is 3.51. The number of halogens is 1. The molecule has 0 aromatic heterocycles. The standard InChI is InChI=1S/C25H23ClN2O2S/c1-2-17-5-13-22(14-6-17)27-24(30)19-7-9-20(10-8-19)25-28(23(29)16-31-25)15-18-3-11-21(26)12-4-18/h3-14,25H,2,15-16H2,1H3,(H,27,30)/t25-/m1/s1. The highest BCUT2D eigenvalue weighted by Gasteiger charge is 2.32. The highest BCUT2D eigenvalue weighted by Crippen LogP contribution is 2.39. The average molecular weight is 451 g/mol. The molecule has 2 amide bonds. The van der Waals surface area contributed by atoms with Crippen molar-refractivity contribution in [1.29, 1.82) is 0 Å². The number of carbonyl (C=O) groups excluding carboxylic acids is 2. The number of aryl methyl sites for hydroxylation is 1. The molecule has 1 fully saturated rings. The molecular weight excluding hydrogens is 428 g/mol. The summed E-state index contributed by atoms with van der Waals surface area (Å²) in [5.74, 6) is 0.417. The summed E-state index contributed by atoms with van der Waals surface area (Å²) in [6, 6.07) is 22.9. The van der Waals surface area contributed by atoms with Crippen LogP contribution < -0.4 is 5.32 Å². The van der Waals surface area contributed by atoms with Crippen molar-refractivity contribution in [2.45, 2.75) is 25.3 Å². The summed E-state index contributed by atoms with van der Waals surface area (Å²) in [5.41, 5.74) is 4.64. The molecule has 4 rings (SSSR count). The van der Waals surface area contributed by atoms with Gasteiger partial charge in [0, 0.05) is 22.8 Å². The molecule has 3 aromatic carbocycles. The molecule has 0 radical (unpaired) electrons. The summed E-state index contributed by atoms with van der Waals surface area (Å²) in [5, 5.41) is 3.54. The van der Waals surface area contributed by atoms with Crippen molar-refractivity contribution in [1.82, 2.24) is 4.90 Å². The third kappa shape index (κ3) is 5.12. The van der Waals surface area contributed by atoms with Gasteiger partial charge in [-0.1, -0.05) is 54.9 Å². The van der Waals surface area contributed by atoms with Gasteiger partial charge in [-0.2, -0.15) is 0 Å². The van der Waals surface area contributed by atoms with Gasteiger partial charge >= 0.3 is 0 Å². The summed E-state index contributed by atoms with van der Waals surface area (Å²) in [7, 11) is 0. The molecule has 0 spiro atoms. The second-order valence-corrected chi connectivity index (χ2v) is 8.94. The first-order valence-corrected chi connectivity index (χ1v) is 11.6. The van der Waals surface area contributed by atoms with Crippen LogP contribution >= 0.6 is 23.4 Å². The summed E-state index contributed by atoms with van der Waals surface area (Å²) in [6.45, 7) is 2.63. The van der Waals surface area contributed by atoms with Crippen molar-refractivity contribution in [2.75, 3.05) is 11.1 Å². The van der Waals surface area contributed by atoms with Crippen LogP contribution in [0.5, 0.6) is 0 Å². The fourth-order valence-corrected chi connectivity index (χ4v) is 4.83. The number of amides is 2. The van der Waals surface area contributed by atoms with Crippen molar-refractivity contribution >= 4 is 40.9 Å². The molecule has 1 N–H and O–H groups in total. The third-order valence-corrected chi connectivity index (χ3v) is 6.82. The minimum atomic E-state index is -0.149. The molecule has 1 aliphatic rings. The lowest BCUT2D eigenvalue weighted by atomic mass is 10.1. The predicted molar refractivity (Wildman–Crippen MR) is 127 cm³/mol. The quantitative estimate of drug-likeness (QED) is 0.506. The molecule has 158 valence electrons. The minimum Gasteiger partial charge on any atom is -0.322 e. The molecule has 4 nitrogen and oxygen atoms in total. The Kier molecular flexibility index (Phi) is 6.64. The first-order chi connectivity index (χ1) is 15.0. The molecule has 3 aromatic rings. The summed E-state index contributed by atoms with van der Waals surface area (Å²) >= 11 is 7.57. The van der Waals surface area contributed by atoms with E-state index in [1.807, 2.05) is 77.7 Å². The molecule has 1 heterocycles. The van der Waals surface area contributed by atoms with Gasteiger partial charge < -0.3 is 10.2 Å². The largest absolute Gasteiger partial charge is 0.322 e. The van der Waals surface area contributed by atoms with E-state index in [9.17, 15) is 9.59 Å². The van der Waals surface area contributed by atoms with Crippen LogP contribution in [-0.4, -0.2) is 22.5 Å². The van der Waals surface area contributed by atoms with Crippen molar-refractivity contribution in [3.8, 4) is 0 Å². The Labute approximate surface area is 191 Å². The topological polar surface area (TPSA) is 49.4 Å². The van der Waals surface area contributed by atoms with E-state index in [1.54, 1.807) is 11.8 Å². The van der Waals surface area contributed by atoms with Gasteiger partial charge in [0.25, 0.3) is 5.91 Å². The second-order valence-electron chi connectivity index (χ2n) is 7.44. The zero-order valence-electron chi connectivity index (χ0n) is 17.2. The van der Waals surface area contributed by atoms with Crippen LogP contribution in [0.15, 0.2) is 72.8 Å². The fraction of sp³-hybridized carbons (Fsp3) is 0.200. The molecule has 0 aliphatic carbocycles. The second kappa shape index (κ2) is 9.58. The molecular formula is C25H23ClN2O2S. The van der Waals surface area contributed by atoms with Crippen LogP contribution in [0.3, 0.4) is 0 Å². The van der Waals surface area contributed by atoms with Gasteiger partial charge in [-0.25, -0.2) is 0 Å². The molecule has 1 saturated heterocycles. The maximum atomic E-state index is 12.6. The number of rotatable bonds is 6. The van der Waals surface area contributed by atoms with E-state index >= 15 is 0 Å². The van der Waals surface area contributed by atoms with Gasteiger partial charge in [-0.05, 0) is 59.5 Å². The number of nitrogens with one attached hydrogen (secondary N) is 1. The Morgan fingerprint density at radius 2 is 1.65 bits per heavy atom. The normalized spacial score (nSPS) is 15.9. The SMILES string of the molecule is CCc1ccc(NC(=O)c2ccc([C@H]3SCC(=O)N3Cc3ccc(Cl)cc3)cc2)cc1. The molecule has 6 heteroatoms. The Hall–Kier alpha value is -2.76. The Bertz CT molecular complexity index is 1070. The summed E-state index contributed by atoms with van der Waals surface area (Å²) < 4.78 is 0. The zero-order chi connectivity index (χ0) is 21.8. The van der Waals surface area contributed by atoms with E-state index in [0.29, 0.717) is 22.9 Å². The molecule has 0 saturated carbocycles. The zero-order valence-corrected chi connectivity index (χ0v) is 18.7. The first kappa shape index (κ1) is 21.5. The maximum Gasteiger partial charge on any atom is 0.255 e. The van der Waals surface area contributed by atoms with E-state index in [4.69, 9.17) is 11.6 Å². The number of hydrogen-bond acceptors (Lipinski definition) is 3. The third-order valence-electron chi connectivity index (χ3n) is 5.31. The van der Waals surface area contributed by atoms with E-state index < -0.39 is 0 Å². The van der Waals surface area contributed by atoms with Gasteiger partial charge in [0.2, 0.25) is 5.91 Å².